The predicted molar refractivity (Wildman–Crippen MR) is 223 cm³/mol. The Balaban J connectivity index is 1.26. The Kier molecular flexibility index (Phi) is 7.40. The third-order valence-corrected chi connectivity index (χ3v) is 10.2. The van der Waals surface area contributed by atoms with Gasteiger partial charge in [0.25, 0.3) is 0 Å². The number of imidazole rings is 2. The maximum absolute atomic E-state index is 5.51. The quantitative estimate of drug-likeness (QED) is 0.156. The molecule has 256 valence electrons. The largest absolute Gasteiger partial charge is 0.293 e. The second kappa shape index (κ2) is 12.7. The minimum atomic E-state index is 0.662. The van der Waals surface area contributed by atoms with Gasteiger partial charge in [-0.2, -0.15) is 0 Å². The summed E-state index contributed by atoms with van der Waals surface area (Å²) in [4.78, 5) is 15.8. The molecule has 4 heterocycles. The number of hydrogen-bond donors (Lipinski definition) is 0. The highest BCUT2D eigenvalue weighted by Crippen LogP contribution is 2.41. The van der Waals surface area contributed by atoms with Gasteiger partial charge >= 0.3 is 0 Å². The van der Waals surface area contributed by atoms with Crippen molar-refractivity contribution in [1.29, 1.82) is 0 Å². The summed E-state index contributed by atoms with van der Waals surface area (Å²) in [7, 11) is 0. The molecule has 10 rings (SSSR count). The molecule has 0 unspecified atom stereocenters. The molecule has 0 saturated carbocycles. The molecular formula is C48H34N6. The van der Waals surface area contributed by atoms with Crippen LogP contribution in [0.15, 0.2) is 183 Å². The molecule has 0 aliphatic heterocycles. The summed E-state index contributed by atoms with van der Waals surface area (Å²) in [6.07, 6.45) is 7.73. The van der Waals surface area contributed by atoms with Crippen LogP contribution in [-0.4, -0.2) is 28.5 Å². The van der Waals surface area contributed by atoms with Gasteiger partial charge in [0.2, 0.25) is 5.78 Å². The number of aromatic nitrogens is 6. The molecule has 0 N–H and O–H groups in total. The molecule has 6 aromatic carbocycles. The minimum absolute atomic E-state index is 0.662. The van der Waals surface area contributed by atoms with Crippen LogP contribution in [0, 0.1) is 0 Å². The van der Waals surface area contributed by atoms with Gasteiger partial charge in [-0.15, -0.1) is 0 Å². The van der Waals surface area contributed by atoms with E-state index in [0.717, 1.165) is 89.1 Å². The van der Waals surface area contributed by atoms with E-state index < -0.39 is 0 Å². The normalized spacial score (nSPS) is 12.3. The average molecular weight is 695 g/mol. The molecular weight excluding hydrogens is 661 g/mol. The van der Waals surface area contributed by atoms with Crippen LogP contribution in [0.3, 0.4) is 0 Å². The number of nitrogens with zero attached hydrogens (tertiary/aromatic N) is 6. The molecule has 0 radical (unpaired) electrons. The summed E-state index contributed by atoms with van der Waals surface area (Å²) >= 11 is 0. The second-order valence-electron chi connectivity index (χ2n) is 13.3. The van der Waals surface area contributed by atoms with Crippen LogP contribution in [0.25, 0.3) is 89.1 Å². The molecule has 0 aliphatic rings. The van der Waals surface area contributed by atoms with Crippen molar-refractivity contribution in [3.63, 3.8) is 0 Å². The monoisotopic (exact) mass is 694 g/mol. The third kappa shape index (κ3) is 4.85. The molecule has 6 nitrogen and oxygen atoms in total. The van der Waals surface area contributed by atoms with E-state index in [4.69, 9.17) is 15.0 Å². The Morgan fingerprint density at radius 3 is 2.02 bits per heavy atom. The first-order valence-corrected chi connectivity index (χ1v) is 18.1. The number of para-hydroxylation sites is 5. The van der Waals surface area contributed by atoms with Crippen molar-refractivity contribution in [1.82, 2.24) is 28.5 Å². The molecule has 6 heteroatoms. The van der Waals surface area contributed by atoms with E-state index in [9.17, 15) is 0 Å². The fraction of sp³-hybridized carbons (Fsp3) is 0.0208. The first-order chi connectivity index (χ1) is 26.7. The second-order valence-corrected chi connectivity index (χ2v) is 13.3. The van der Waals surface area contributed by atoms with Crippen LogP contribution < -0.4 is 0 Å². The highest BCUT2D eigenvalue weighted by atomic mass is 15.2. The highest BCUT2D eigenvalue weighted by molar-refractivity contribution is 6.11. The van der Waals surface area contributed by atoms with E-state index in [2.05, 4.69) is 166 Å². The lowest BCUT2D eigenvalue weighted by Crippen LogP contribution is -2.04. The Hall–Kier alpha value is -7.31. The molecule has 54 heavy (non-hydrogen) atoms. The Morgan fingerprint density at radius 2 is 1.24 bits per heavy atom. The summed E-state index contributed by atoms with van der Waals surface area (Å²) in [5.41, 5.74) is 11.3. The maximum Gasteiger partial charge on any atom is 0.220 e. The molecule has 0 bridgehead atoms. The standard InChI is InChI=1S/C48H34N6/c1-3-5-18-32(4-2)46-49-39-25-14-12-24-37(39)47(51-46)53-40-26-15-13-23-36(40)38-31-34(29-30-41(38)53)44-45(33-19-8-6-9-20-33)54-43-28-17-16-27-42(43)52(48(54)50-44)35-21-10-7-11-22-35/h3-31H,1H2,2H3/b18-5-,32-4+. The lowest BCUT2D eigenvalue weighted by molar-refractivity contribution is 1.05. The van der Waals surface area contributed by atoms with Gasteiger partial charge in [0, 0.05) is 38.5 Å². The Bertz CT molecular complexity index is 3120. The van der Waals surface area contributed by atoms with Crippen molar-refractivity contribution in [2.24, 2.45) is 0 Å². The van der Waals surface area contributed by atoms with E-state index in [1.165, 1.54) is 0 Å². The van der Waals surface area contributed by atoms with E-state index in [1.54, 1.807) is 6.08 Å². The summed E-state index contributed by atoms with van der Waals surface area (Å²) < 4.78 is 6.86. The van der Waals surface area contributed by atoms with Crippen LogP contribution in [0.4, 0.5) is 0 Å². The van der Waals surface area contributed by atoms with E-state index in [-0.39, 0.29) is 0 Å². The smallest absolute Gasteiger partial charge is 0.220 e. The maximum atomic E-state index is 5.51. The van der Waals surface area contributed by atoms with Crippen molar-refractivity contribution in [2.75, 3.05) is 0 Å². The molecule has 0 aliphatic carbocycles. The molecule has 0 fully saturated rings. The molecule has 0 atom stereocenters. The third-order valence-electron chi connectivity index (χ3n) is 10.2. The molecule has 10 aromatic rings. The highest BCUT2D eigenvalue weighted by Gasteiger charge is 2.24. The van der Waals surface area contributed by atoms with Crippen molar-refractivity contribution in [2.45, 2.75) is 6.92 Å². The van der Waals surface area contributed by atoms with Crippen molar-refractivity contribution in [3.8, 4) is 34.0 Å². The van der Waals surface area contributed by atoms with Gasteiger partial charge in [-0.05, 0) is 61.5 Å². The first kappa shape index (κ1) is 31.4. The van der Waals surface area contributed by atoms with Gasteiger partial charge in [-0.25, -0.2) is 15.0 Å². The van der Waals surface area contributed by atoms with E-state index in [0.29, 0.717) is 5.82 Å². The van der Waals surface area contributed by atoms with Crippen LogP contribution >= 0.6 is 0 Å². The zero-order valence-electron chi connectivity index (χ0n) is 29.6. The predicted octanol–water partition coefficient (Wildman–Crippen LogP) is 11.8. The molecule has 0 spiro atoms. The number of hydrogen-bond acceptors (Lipinski definition) is 3. The zero-order chi connectivity index (χ0) is 36.2. The molecule has 0 saturated heterocycles. The Labute approximate surface area is 311 Å². The minimum Gasteiger partial charge on any atom is -0.293 e. The summed E-state index contributed by atoms with van der Waals surface area (Å²) in [5, 5.41) is 3.24. The lowest BCUT2D eigenvalue weighted by atomic mass is 10.0. The van der Waals surface area contributed by atoms with E-state index >= 15 is 0 Å². The first-order valence-electron chi connectivity index (χ1n) is 18.1. The van der Waals surface area contributed by atoms with Crippen LogP contribution in [0.2, 0.25) is 0 Å². The van der Waals surface area contributed by atoms with Gasteiger partial charge < -0.3 is 0 Å². The summed E-state index contributed by atoms with van der Waals surface area (Å²) in [6, 6.07) is 53.2. The fourth-order valence-electron chi connectivity index (χ4n) is 7.81. The molecule has 0 amide bonds. The lowest BCUT2D eigenvalue weighted by Gasteiger charge is -2.13. The van der Waals surface area contributed by atoms with Crippen molar-refractivity contribution < 1.29 is 0 Å². The number of fused-ring (bicyclic) bond motifs is 7. The summed E-state index contributed by atoms with van der Waals surface area (Å²) in [6.45, 7) is 5.87. The van der Waals surface area contributed by atoms with Crippen LogP contribution in [-0.2, 0) is 0 Å². The number of allylic oxidation sites excluding steroid dienone is 5. The zero-order valence-corrected chi connectivity index (χ0v) is 29.6. The van der Waals surface area contributed by atoms with Gasteiger partial charge in [0.1, 0.15) is 5.82 Å². The Morgan fingerprint density at radius 1 is 0.574 bits per heavy atom. The average Bonchev–Trinajstić information content (AvgIpc) is 3.88. The molecule has 4 aromatic heterocycles. The van der Waals surface area contributed by atoms with Crippen molar-refractivity contribution >= 4 is 55.1 Å². The van der Waals surface area contributed by atoms with E-state index in [1.807, 2.05) is 31.2 Å². The number of rotatable bonds is 7. The van der Waals surface area contributed by atoms with Gasteiger partial charge in [-0.3, -0.25) is 13.5 Å². The fourth-order valence-corrected chi connectivity index (χ4v) is 7.81. The van der Waals surface area contributed by atoms with Gasteiger partial charge in [0.05, 0.1) is 39.0 Å². The van der Waals surface area contributed by atoms with Crippen LogP contribution in [0.1, 0.15) is 12.7 Å². The number of benzene rings is 6. The van der Waals surface area contributed by atoms with Gasteiger partial charge in [-0.1, -0.05) is 128 Å². The van der Waals surface area contributed by atoms with Crippen LogP contribution in [0.5, 0.6) is 0 Å². The SMILES string of the molecule is C=C/C=C\C(=C/C)c1nc(-n2c3ccccc3c3cc(-c4nc5n(-c6ccccc6)c6ccccc6n5c4-c4ccccc4)ccc32)c2ccccc2n1. The van der Waals surface area contributed by atoms with Crippen molar-refractivity contribution in [3.05, 3.63) is 188 Å². The summed E-state index contributed by atoms with van der Waals surface area (Å²) in [5.74, 6) is 2.36. The van der Waals surface area contributed by atoms with Gasteiger partial charge in [0.15, 0.2) is 5.82 Å². The topological polar surface area (TPSA) is 52.9 Å².